The van der Waals surface area contributed by atoms with Crippen molar-refractivity contribution in [2.45, 2.75) is 44.2 Å². The van der Waals surface area contributed by atoms with E-state index in [1.54, 1.807) is 0 Å². The van der Waals surface area contributed by atoms with Gasteiger partial charge in [0, 0.05) is 13.1 Å². The molecule has 1 saturated heterocycles. The van der Waals surface area contributed by atoms with Crippen molar-refractivity contribution in [2.24, 2.45) is 11.7 Å². The van der Waals surface area contributed by atoms with Gasteiger partial charge in [-0.1, -0.05) is 6.42 Å². The molecule has 3 N–H and O–H groups in total. The van der Waals surface area contributed by atoms with Crippen LogP contribution in [0.2, 0.25) is 0 Å². The number of hydrogen-bond donors (Lipinski definition) is 2. The largest absolute Gasteiger partial charge is 0.393 e. The van der Waals surface area contributed by atoms with E-state index in [9.17, 15) is 9.90 Å². The van der Waals surface area contributed by atoms with Gasteiger partial charge in [0.25, 0.3) is 0 Å². The second-order valence-corrected chi connectivity index (χ2v) is 4.87. The van der Waals surface area contributed by atoms with E-state index >= 15 is 0 Å². The van der Waals surface area contributed by atoms with E-state index in [4.69, 9.17) is 5.73 Å². The Morgan fingerprint density at radius 3 is 2.80 bits per heavy atom. The van der Waals surface area contributed by atoms with Crippen LogP contribution < -0.4 is 5.73 Å². The van der Waals surface area contributed by atoms with Crippen molar-refractivity contribution in [3.05, 3.63) is 0 Å². The Bertz CT molecular complexity index is 245. The molecule has 0 aromatic heterocycles. The fourth-order valence-electron chi connectivity index (χ4n) is 2.68. The van der Waals surface area contributed by atoms with Crippen LogP contribution in [0.4, 0.5) is 0 Å². The van der Waals surface area contributed by atoms with Crippen LogP contribution in [0.15, 0.2) is 0 Å². The first-order chi connectivity index (χ1) is 7.16. The highest BCUT2D eigenvalue weighted by Crippen LogP contribution is 2.26. The zero-order valence-electron chi connectivity index (χ0n) is 9.06. The molecule has 0 radical (unpaired) electrons. The summed E-state index contributed by atoms with van der Waals surface area (Å²) in [7, 11) is 0. The maximum atomic E-state index is 11.6. The first kappa shape index (κ1) is 10.9. The molecule has 15 heavy (non-hydrogen) atoms. The van der Waals surface area contributed by atoms with E-state index in [0.29, 0.717) is 5.92 Å². The third-order valence-corrected chi connectivity index (χ3v) is 3.57. The Balaban J connectivity index is 1.83. The Morgan fingerprint density at radius 1 is 1.40 bits per heavy atom. The zero-order valence-corrected chi connectivity index (χ0v) is 9.06. The van der Waals surface area contributed by atoms with Gasteiger partial charge in [-0.05, 0) is 31.6 Å². The number of nitrogens with zero attached hydrogens (tertiary/aromatic N) is 1. The highest BCUT2D eigenvalue weighted by atomic mass is 16.3. The van der Waals surface area contributed by atoms with Crippen molar-refractivity contribution < 1.29 is 9.90 Å². The van der Waals surface area contributed by atoms with Gasteiger partial charge in [0.2, 0.25) is 5.91 Å². The number of carbonyl (C=O) groups is 1. The summed E-state index contributed by atoms with van der Waals surface area (Å²) < 4.78 is 0. The van der Waals surface area contributed by atoms with Crippen LogP contribution in [0.3, 0.4) is 0 Å². The average molecular weight is 212 g/mol. The maximum absolute atomic E-state index is 11.6. The zero-order chi connectivity index (χ0) is 10.8. The Morgan fingerprint density at radius 2 is 2.20 bits per heavy atom. The van der Waals surface area contributed by atoms with Gasteiger partial charge < -0.3 is 15.7 Å². The quantitative estimate of drug-likeness (QED) is 0.682. The topological polar surface area (TPSA) is 66.6 Å². The fourth-order valence-corrected chi connectivity index (χ4v) is 2.68. The molecule has 2 rings (SSSR count). The smallest absolute Gasteiger partial charge is 0.239 e. The molecule has 0 aromatic rings. The Labute approximate surface area is 90.4 Å². The Hall–Kier alpha value is -0.610. The lowest BCUT2D eigenvalue weighted by Gasteiger charge is -2.29. The predicted molar refractivity (Wildman–Crippen MR) is 57.1 cm³/mol. The number of aliphatic hydroxyl groups is 1. The summed E-state index contributed by atoms with van der Waals surface area (Å²) in [6, 6.07) is -0.279. The molecule has 86 valence electrons. The van der Waals surface area contributed by atoms with Gasteiger partial charge in [0.15, 0.2) is 0 Å². The first-order valence-corrected chi connectivity index (χ1v) is 5.89. The second kappa shape index (κ2) is 4.49. The molecule has 1 aliphatic carbocycles. The Kier molecular flexibility index (Phi) is 3.26. The van der Waals surface area contributed by atoms with E-state index in [1.165, 1.54) is 0 Å². The molecule has 1 amide bonds. The normalized spacial score (nSPS) is 37.3. The number of carbonyl (C=O) groups excluding carboxylic acids is 1. The monoisotopic (exact) mass is 212 g/mol. The lowest BCUT2D eigenvalue weighted by Crippen LogP contribution is -2.38. The minimum atomic E-state index is -0.279. The number of aliphatic hydroxyl groups excluding tert-OH is 1. The summed E-state index contributed by atoms with van der Waals surface area (Å²) in [6.45, 7) is 1.59. The summed E-state index contributed by atoms with van der Waals surface area (Å²) in [6.07, 6.45) is 4.61. The van der Waals surface area contributed by atoms with Crippen LogP contribution in [0.5, 0.6) is 0 Å². The molecule has 0 aromatic carbocycles. The van der Waals surface area contributed by atoms with Crippen molar-refractivity contribution >= 4 is 5.91 Å². The number of likely N-dealkylation sites (tertiary alicyclic amines) is 1. The van der Waals surface area contributed by atoms with Crippen LogP contribution >= 0.6 is 0 Å². The lowest BCUT2D eigenvalue weighted by atomic mass is 9.87. The fraction of sp³-hybridized carbons (Fsp3) is 0.909. The standard InChI is InChI=1S/C11H20N2O2/c12-10-4-5-13(11(10)15)7-8-2-1-3-9(14)6-8/h8-10,14H,1-7,12H2. The molecular formula is C11H20N2O2. The van der Waals surface area contributed by atoms with Crippen molar-refractivity contribution in [3.63, 3.8) is 0 Å². The molecule has 2 fully saturated rings. The molecule has 1 saturated carbocycles. The summed E-state index contributed by atoms with van der Waals surface area (Å²) >= 11 is 0. The van der Waals surface area contributed by atoms with Crippen LogP contribution in [0.1, 0.15) is 32.1 Å². The van der Waals surface area contributed by atoms with Gasteiger partial charge in [0.1, 0.15) is 0 Å². The highest BCUT2D eigenvalue weighted by Gasteiger charge is 2.31. The number of hydrogen-bond acceptors (Lipinski definition) is 3. The average Bonchev–Trinajstić information content (AvgIpc) is 2.50. The summed E-state index contributed by atoms with van der Waals surface area (Å²) in [4.78, 5) is 13.5. The number of rotatable bonds is 2. The van der Waals surface area contributed by atoms with Crippen molar-refractivity contribution in [3.8, 4) is 0 Å². The van der Waals surface area contributed by atoms with Crippen molar-refractivity contribution in [1.29, 1.82) is 0 Å². The molecule has 1 heterocycles. The molecule has 2 aliphatic rings. The number of nitrogens with two attached hydrogens (primary N) is 1. The summed E-state index contributed by atoms with van der Waals surface area (Å²) in [5, 5.41) is 9.54. The minimum Gasteiger partial charge on any atom is -0.393 e. The lowest BCUT2D eigenvalue weighted by molar-refractivity contribution is -0.129. The highest BCUT2D eigenvalue weighted by molar-refractivity contribution is 5.83. The minimum absolute atomic E-state index is 0.0927. The van der Waals surface area contributed by atoms with Gasteiger partial charge in [-0.2, -0.15) is 0 Å². The first-order valence-electron chi connectivity index (χ1n) is 5.89. The summed E-state index contributed by atoms with van der Waals surface area (Å²) in [5.74, 6) is 0.568. The van der Waals surface area contributed by atoms with Gasteiger partial charge >= 0.3 is 0 Å². The SMILES string of the molecule is NC1CCN(CC2CCCC(O)C2)C1=O. The molecule has 3 atom stereocenters. The van der Waals surface area contributed by atoms with Gasteiger partial charge in [-0.25, -0.2) is 0 Å². The number of amides is 1. The molecule has 0 bridgehead atoms. The van der Waals surface area contributed by atoms with Crippen molar-refractivity contribution in [1.82, 2.24) is 4.90 Å². The molecule has 4 nitrogen and oxygen atoms in total. The van der Waals surface area contributed by atoms with E-state index in [-0.39, 0.29) is 18.1 Å². The van der Waals surface area contributed by atoms with Crippen molar-refractivity contribution in [2.75, 3.05) is 13.1 Å². The van der Waals surface area contributed by atoms with E-state index in [1.807, 2.05) is 4.90 Å². The van der Waals surface area contributed by atoms with Gasteiger partial charge in [0.05, 0.1) is 12.1 Å². The van der Waals surface area contributed by atoms with Crippen LogP contribution in [-0.2, 0) is 4.79 Å². The maximum Gasteiger partial charge on any atom is 0.239 e. The van der Waals surface area contributed by atoms with E-state index < -0.39 is 0 Å². The van der Waals surface area contributed by atoms with Crippen LogP contribution in [-0.4, -0.2) is 41.1 Å². The molecular weight excluding hydrogens is 192 g/mol. The second-order valence-electron chi connectivity index (χ2n) is 4.87. The van der Waals surface area contributed by atoms with Gasteiger partial charge in [-0.3, -0.25) is 4.79 Å². The molecule has 3 unspecified atom stereocenters. The molecule has 4 heteroatoms. The van der Waals surface area contributed by atoms with Crippen LogP contribution in [0.25, 0.3) is 0 Å². The van der Waals surface area contributed by atoms with Gasteiger partial charge in [-0.15, -0.1) is 0 Å². The van der Waals surface area contributed by atoms with Crippen LogP contribution in [0, 0.1) is 5.92 Å². The third-order valence-electron chi connectivity index (χ3n) is 3.57. The third kappa shape index (κ3) is 2.49. The molecule has 1 aliphatic heterocycles. The van der Waals surface area contributed by atoms with E-state index in [2.05, 4.69) is 0 Å². The van der Waals surface area contributed by atoms with E-state index in [0.717, 1.165) is 45.2 Å². The predicted octanol–water partition coefficient (Wildman–Crippen LogP) is 0.0971. The summed E-state index contributed by atoms with van der Waals surface area (Å²) in [5.41, 5.74) is 5.66. The molecule has 0 spiro atoms.